The molecular formula is C18H22ClN3O3. The average Bonchev–Trinajstić information content (AvgIpc) is 3.29. The van der Waals surface area contributed by atoms with Crippen molar-refractivity contribution in [2.24, 2.45) is 0 Å². The van der Waals surface area contributed by atoms with Gasteiger partial charge in [0.15, 0.2) is 5.15 Å². The first-order chi connectivity index (χ1) is 11.6. The molecule has 0 unspecified atom stereocenters. The van der Waals surface area contributed by atoms with Gasteiger partial charge < -0.3 is 9.64 Å². The third kappa shape index (κ3) is 3.35. The molecule has 0 aliphatic heterocycles. The Morgan fingerprint density at radius 2 is 2.00 bits per heavy atom. The van der Waals surface area contributed by atoms with Gasteiger partial charge in [-0.3, -0.25) is 4.79 Å². The second-order valence-electron chi connectivity index (χ2n) is 7.50. The van der Waals surface area contributed by atoms with Gasteiger partial charge in [-0.2, -0.15) is 0 Å². The third-order valence-electron chi connectivity index (χ3n) is 4.20. The number of halogens is 1. The summed E-state index contributed by atoms with van der Waals surface area (Å²) in [6.45, 7) is 7.22. The zero-order valence-electron chi connectivity index (χ0n) is 15.1. The van der Waals surface area contributed by atoms with E-state index < -0.39 is 11.7 Å². The molecule has 0 spiro atoms. The highest BCUT2D eigenvalue weighted by Crippen LogP contribution is 2.33. The predicted octanol–water partition coefficient (Wildman–Crippen LogP) is 4.02. The Bertz CT molecular complexity index is 863. The standard InChI is InChI=1S/C18H22ClN3O3/c1-10-9-22(17(24)25-18(2,3)4)14-13(10)12(8-20-15(14)19)16(23)21(5)11-6-7-11/h8-9,11H,6-7H2,1-5H3. The maximum atomic E-state index is 12.8. The highest BCUT2D eigenvalue weighted by Gasteiger charge is 2.32. The molecule has 6 nitrogen and oxygen atoms in total. The van der Waals surface area contributed by atoms with Gasteiger partial charge in [-0.25, -0.2) is 14.3 Å². The predicted molar refractivity (Wildman–Crippen MR) is 96.2 cm³/mol. The number of carbonyl (C=O) groups is 2. The van der Waals surface area contributed by atoms with E-state index in [0.717, 1.165) is 18.4 Å². The first-order valence-electron chi connectivity index (χ1n) is 8.27. The van der Waals surface area contributed by atoms with E-state index in [1.165, 1.54) is 10.8 Å². The Labute approximate surface area is 151 Å². The van der Waals surface area contributed by atoms with Crippen molar-refractivity contribution in [1.29, 1.82) is 0 Å². The Balaban J connectivity index is 2.12. The van der Waals surface area contributed by atoms with Gasteiger partial charge in [0.2, 0.25) is 0 Å². The smallest absolute Gasteiger partial charge is 0.419 e. The highest BCUT2D eigenvalue weighted by molar-refractivity contribution is 6.35. The van der Waals surface area contributed by atoms with E-state index in [4.69, 9.17) is 16.3 Å². The first kappa shape index (κ1) is 17.7. The Kier molecular flexibility index (Phi) is 4.27. The summed E-state index contributed by atoms with van der Waals surface area (Å²) < 4.78 is 6.77. The average molecular weight is 364 g/mol. The van der Waals surface area contributed by atoms with Crippen LogP contribution in [0.5, 0.6) is 0 Å². The molecule has 2 aromatic rings. The molecule has 0 atom stereocenters. The lowest BCUT2D eigenvalue weighted by Gasteiger charge is -2.20. The summed E-state index contributed by atoms with van der Waals surface area (Å²) in [6, 6.07) is 0.284. The number of hydrogen-bond acceptors (Lipinski definition) is 4. The molecule has 1 aliphatic carbocycles. The van der Waals surface area contributed by atoms with Crippen molar-refractivity contribution >= 4 is 34.5 Å². The highest BCUT2D eigenvalue weighted by atomic mass is 35.5. The molecule has 25 heavy (non-hydrogen) atoms. The fourth-order valence-corrected chi connectivity index (χ4v) is 3.09. The second kappa shape index (κ2) is 6.02. The van der Waals surface area contributed by atoms with Gasteiger partial charge >= 0.3 is 6.09 Å². The van der Waals surface area contributed by atoms with Crippen LogP contribution >= 0.6 is 11.6 Å². The van der Waals surface area contributed by atoms with Crippen LogP contribution in [0.2, 0.25) is 5.15 Å². The molecule has 7 heteroatoms. The van der Waals surface area contributed by atoms with Gasteiger partial charge in [0.1, 0.15) is 5.60 Å². The van der Waals surface area contributed by atoms with Gasteiger partial charge in [-0.1, -0.05) is 11.6 Å². The second-order valence-corrected chi connectivity index (χ2v) is 7.85. The van der Waals surface area contributed by atoms with Crippen molar-refractivity contribution in [3.05, 3.63) is 28.7 Å². The number of hydrogen-bond donors (Lipinski definition) is 0. The fourth-order valence-electron chi connectivity index (χ4n) is 2.85. The lowest BCUT2D eigenvalue weighted by atomic mass is 10.1. The minimum absolute atomic E-state index is 0.110. The zero-order chi connectivity index (χ0) is 18.5. The number of nitrogens with zero attached hydrogens (tertiary/aromatic N) is 3. The number of aryl methyl sites for hydroxylation is 1. The minimum Gasteiger partial charge on any atom is -0.443 e. The maximum Gasteiger partial charge on any atom is 0.419 e. The van der Waals surface area contributed by atoms with E-state index in [0.29, 0.717) is 16.5 Å². The van der Waals surface area contributed by atoms with Crippen LogP contribution in [0.25, 0.3) is 10.9 Å². The Morgan fingerprint density at radius 3 is 2.56 bits per heavy atom. The molecular weight excluding hydrogens is 342 g/mol. The number of fused-ring (bicyclic) bond motifs is 1. The van der Waals surface area contributed by atoms with E-state index in [1.54, 1.807) is 38.9 Å². The molecule has 2 heterocycles. The summed E-state index contributed by atoms with van der Waals surface area (Å²) >= 11 is 6.26. The fraction of sp³-hybridized carbons (Fsp3) is 0.500. The molecule has 0 aromatic carbocycles. The van der Waals surface area contributed by atoms with Gasteiger partial charge in [0.25, 0.3) is 5.91 Å². The van der Waals surface area contributed by atoms with Crippen molar-refractivity contribution in [1.82, 2.24) is 14.5 Å². The van der Waals surface area contributed by atoms with Gasteiger partial charge in [0.05, 0.1) is 11.1 Å². The van der Waals surface area contributed by atoms with Crippen LogP contribution in [0, 0.1) is 6.92 Å². The van der Waals surface area contributed by atoms with Gasteiger partial charge in [-0.05, 0) is 46.1 Å². The molecule has 134 valence electrons. The Hall–Kier alpha value is -2.08. The van der Waals surface area contributed by atoms with E-state index in [9.17, 15) is 9.59 Å². The van der Waals surface area contributed by atoms with E-state index in [-0.39, 0.29) is 17.1 Å². The molecule has 0 radical (unpaired) electrons. The first-order valence-corrected chi connectivity index (χ1v) is 8.64. The number of aromatic nitrogens is 2. The van der Waals surface area contributed by atoms with Crippen LogP contribution in [0.15, 0.2) is 12.4 Å². The molecule has 2 aromatic heterocycles. The number of amides is 1. The largest absolute Gasteiger partial charge is 0.443 e. The number of ether oxygens (including phenoxy) is 1. The summed E-state index contributed by atoms with van der Waals surface area (Å²) in [5.74, 6) is -0.110. The van der Waals surface area contributed by atoms with Crippen LogP contribution < -0.4 is 0 Å². The topological polar surface area (TPSA) is 64.4 Å². The Morgan fingerprint density at radius 1 is 1.36 bits per heavy atom. The molecule has 0 saturated heterocycles. The molecule has 1 aliphatic rings. The van der Waals surface area contributed by atoms with Crippen molar-refractivity contribution in [3.63, 3.8) is 0 Å². The van der Waals surface area contributed by atoms with Crippen LogP contribution in [0.4, 0.5) is 4.79 Å². The summed E-state index contributed by atoms with van der Waals surface area (Å²) in [6.07, 6.45) is 4.61. The van der Waals surface area contributed by atoms with Gasteiger partial charge in [0, 0.05) is 30.9 Å². The lowest BCUT2D eigenvalue weighted by Crippen LogP contribution is -2.29. The lowest BCUT2D eigenvalue weighted by molar-refractivity contribution is 0.0543. The van der Waals surface area contributed by atoms with E-state index >= 15 is 0 Å². The number of rotatable bonds is 2. The van der Waals surface area contributed by atoms with Crippen molar-refractivity contribution in [3.8, 4) is 0 Å². The molecule has 1 amide bonds. The summed E-state index contributed by atoms with van der Waals surface area (Å²) in [4.78, 5) is 31.2. The quantitative estimate of drug-likeness (QED) is 0.756. The van der Waals surface area contributed by atoms with E-state index in [1.807, 2.05) is 6.92 Å². The van der Waals surface area contributed by atoms with Crippen LogP contribution in [-0.4, -0.2) is 45.1 Å². The number of pyridine rings is 1. The van der Waals surface area contributed by atoms with Crippen molar-refractivity contribution in [2.75, 3.05) is 7.05 Å². The zero-order valence-corrected chi connectivity index (χ0v) is 15.8. The van der Waals surface area contributed by atoms with Crippen molar-refractivity contribution < 1.29 is 14.3 Å². The summed E-state index contributed by atoms with van der Waals surface area (Å²) in [7, 11) is 1.79. The molecule has 3 rings (SSSR count). The monoisotopic (exact) mass is 363 g/mol. The maximum absolute atomic E-state index is 12.8. The SMILES string of the molecule is Cc1cn(C(=O)OC(C)(C)C)c2c(Cl)ncc(C(=O)N(C)C3CC3)c12. The summed E-state index contributed by atoms with van der Waals surface area (Å²) in [5, 5.41) is 0.808. The van der Waals surface area contributed by atoms with Crippen LogP contribution in [0.1, 0.15) is 49.5 Å². The molecule has 0 N–H and O–H groups in total. The minimum atomic E-state index is -0.638. The molecule has 1 fully saturated rings. The molecule has 1 saturated carbocycles. The number of carbonyl (C=O) groups excluding carboxylic acids is 2. The van der Waals surface area contributed by atoms with Gasteiger partial charge in [-0.15, -0.1) is 0 Å². The summed E-state index contributed by atoms with van der Waals surface area (Å²) in [5.41, 5.74) is 0.996. The van der Waals surface area contributed by atoms with E-state index in [2.05, 4.69) is 4.98 Å². The van der Waals surface area contributed by atoms with Crippen LogP contribution in [0.3, 0.4) is 0 Å². The molecule has 0 bridgehead atoms. The van der Waals surface area contributed by atoms with Crippen molar-refractivity contribution in [2.45, 2.75) is 52.2 Å². The van der Waals surface area contributed by atoms with Crippen LogP contribution in [-0.2, 0) is 4.74 Å². The third-order valence-corrected chi connectivity index (χ3v) is 4.48. The normalized spacial score (nSPS) is 14.6.